The third-order valence-electron chi connectivity index (χ3n) is 5.11. The number of halogens is 3. The number of benzene rings is 3. The molecule has 0 unspecified atom stereocenters. The lowest BCUT2D eigenvalue weighted by molar-refractivity contribution is -0.137. The Balaban J connectivity index is 1.84. The molecule has 3 rings (SSSR count). The average Bonchev–Trinajstić information content (AvgIpc) is 2.91. The van der Waals surface area contributed by atoms with Crippen molar-refractivity contribution in [1.29, 1.82) is 0 Å². The van der Waals surface area contributed by atoms with E-state index in [9.17, 15) is 26.4 Å². The summed E-state index contributed by atoms with van der Waals surface area (Å²) in [6.07, 6.45) is -1.82. The predicted octanol–water partition coefficient (Wildman–Crippen LogP) is 5.01. The maximum atomic E-state index is 13.3. The van der Waals surface area contributed by atoms with E-state index in [0.29, 0.717) is 34.0 Å². The monoisotopic (exact) mass is 561 g/mol. The molecule has 0 radical (unpaired) electrons. The normalized spacial score (nSPS) is 11.7. The minimum absolute atomic E-state index is 0.194. The number of carbonyl (C=O) groups is 1. The van der Waals surface area contributed by atoms with Gasteiger partial charge in [0, 0.05) is 0 Å². The zero-order chi connectivity index (χ0) is 28.5. The van der Waals surface area contributed by atoms with E-state index in [2.05, 4.69) is 17.1 Å². The quantitative estimate of drug-likeness (QED) is 0.190. The fraction of sp³-hybridized carbons (Fsp3) is 0.185. The van der Waals surface area contributed by atoms with Crippen LogP contribution in [-0.4, -0.2) is 40.3 Å². The second kappa shape index (κ2) is 13.0. The number of amides is 1. The number of hydrogen-bond donors (Lipinski definition) is 1. The lowest BCUT2D eigenvalue weighted by Gasteiger charge is -2.24. The zero-order valence-electron chi connectivity index (χ0n) is 20.9. The number of anilines is 1. The highest BCUT2D eigenvalue weighted by molar-refractivity contribution is 7.92. The summed E-state index contributed by atoms with van der Waals surface area (Å²) in [6.45, 7) is 5.23. The van der Waals surface area contributed by atoms with Gasteiger partial charge in [-0.15, -0.1) is 0 Å². The highest BCUT2D eigenvalue weighted by Gasteiger charge is 2.33. The molecule has 12 heteroatoms. The summed E-state index contributed by atoms with van der Waals surface area (Å²) in [7, 11) is -4.40. The summed E-state index contributed by atoms with van der Waals surface area (Å²) >= 11 is 0. The Morgan fingerprint density at radius 3 is 2.44 bits per heavy atom. The third kappa shape index (κ3) is 7.84. The summed E-state index contributed by atoms with van der Waals surface area (Å²) in [5, 5.41) is 3.85. The van der Waals surface area contributed by atoms with Crippen molar-refractivity contribution in [3.8, 4) is 11.5 Å². The largest absolute Gasteiger partial charge is 0.490 e. The van der Waals surface area contributed by atoms with Crippen molar-refractivity contribution in [1.82, 2.24) is 5.43 Å². The van der Waals surface area contributed by atoms with Gasteiger partial charge in [0.05, 0.1) is 29.0 Å². The standard InChI is InChI=1S/C27H26F3N3O5S/c1-3-15-38-24-14-13-20(16-25(24)37-4-2)18-31-32-26(34)19-33(39(35,36)23-11-6-5-7-12-23)22-10-8-9-21(17-22)27(28,29)30/h3,5-14,16-18H,1,4,15,19H2,2H3,(H,32,34)/b31-18-. The molecule has 0 saturated heterocycles. The Kier molecular flexibility index (Phi) is 9.72. The van der Waals surface area contributed by atoms with Crippen molar-refractivity contribution in [2.45, 2.75) is 18.0 Å². The van der Waals surface area contributed by atoms with E-state index in [-0.39, 0.29) is 17.2 Å². The van der Waals surface area contributed by atoms with Crippen molar-refractivity contribution in [3.63, 3.8) is 0 Å². The van der Waals surface area contributed by atoms with Crippen LogP contribution in [0.5, 0.6) is 11.5 Å². The van der Waals surface area contributed by atoms with Gasteiger partial charge in [-0.3, -0.25) is 9.10 Å². The van der Waals surface area contributed by atoms with Crippen LogP contribution in [0, 0.1) is 0 Å². The molecule has 0 heterocycles. The Hall–Kier alpha value is -4.32. The van der Waals surface area contributed by atoms with Crippen molar-refractivity contribution >= 4 is 27.8 Å². The molecule has 3 aromatic rings. The number of hydrogen-bond acceptors (Lipinski definition) is 6. The molecule has 0 spiro atoms. The molecule has 206 valence electrons. The smallest absolute Gasteiger partial charge is 0.416 e. The molecule has 39 heavy (non-hydrogen) atoms. The number of sulfonamides is 1. The van der Waals surface area contributed by atoms with Gasteiger partial charge in [0.15, 0.2) is 11.5 Å². The van der Waals surface area contributed by atoms with Gasteiger partial charge in [0.1, 0.15) is 13.2 Å². The van der Waals surface area contributed by atoms with Crippen LogP contribution in [0.15, 0.2) is 95.4 Å². The van der Waals surface area contributed by atoms with Crippen LogP contribution in [0.1, 0.15) is 18.1 Å². The van der Waals surface area contributed by atoms with Crippen LogP contribution in [0.4, 0.5) is 18.9 Å². The number of hydrazone groups is 1. The number of alkyl halides is 3. The molecule has 0 aliphatic carbocycles. The minimum atomic E-state index is -4.71. The molecule has 0 aromatic heterocycles. The van der Waals surface area contributed by atoms with Gasteiger partial charge in [-0.2, -0.15) is 18.3 Å². The van der Waals surface area contributed by atoms with Crippen LogP contribution >= 0.6 is 0 Å². The Bertz CT molecular complexity index is 1430. The zero-order valence-corrected chi connectivity index (χ0v) is 21.7. The minimum Gasteiger partial charge on any atom is -0.490 e. The predicted molar refractivity (Wildman–Crippen MR) is 141 cm³/mol. The maximum absolute atomic E-state index is 13.3. The van der Waals surface area contributed by atoms with Gasteiger partial charge in [-0.1, -0.05) is 36.9 Å². The van der Waals surface area contributed by atoms with E-state index >= 15 is 0 Å². The molecule has 8 nitrogen and oxygen atoms in total. The van der Waals surface area contributed by atoms with Crippen LogP contribution in [0.25, 0.3) is 0 Å². The Labute approximate surface area is 224 Å². The Morgan fingerprint density at radius 2 is 1.77 bits per heavy atom. The number of nitrogens with one attached hydrogen (secondary N) is 1. The van der Waals surface area contributed by atoms with Gasteiger partial charge in [0.2, 0.25) is 0 Å². The number of carbonyl (C=O) groups excluding carboxylic acids is 1. The van der Waals surface area contributed by atoms with E-state index in [1.807, 2.05) is 0 Å². The van der Waals surface area contributed by atoms with E-state index in [1.54, 1.807) is 37.3 Å². The maximum Gasteiger partial charge on any atom is 0.416 e. The van der Waals surface area contributed by atoms with E-state index < -0.39 is 34.2 Å². The second-order valence-electron chi connectivity index (χ2n) is 7.90. The van der Waals surface area contributed by atoms with Crippen LogP contribution in [0.2, 0.25) is 0 Å². The third-order valence-corrected chi connectivity index (χ3v) is 6.90. The molecule has 1 N–H and O–H groups in total. The Morgan fingerprint density at radius 1 is 1.03 bits per heavy atom. The summed E-state index contributed by atoms with van der Waals surface area (Å²) in [6, 6.07) is 15.7. The fourth-order valence-corrected chi connectivity index (χ4v) is 4.79. The lowest BCUT2D eigenvalue weighted by Crippen LogP contribution is -2.39. The SMILES string of the molecule is C=CCOc1ccc(/C=N\NC(=O)CN(c2cccc(C(F)(F)F)c2)S(=O)(=O)c2ccccc2)cc1OCC. The average molecular weight is 562 g/mol. The first-order valence-corrected chi connectivity index (χ1v) is 13.1. The summed E-state index contributed by atoms with van der Waals surface area (Å²) in [5.41, 5.74) is 1.37. The lowest BCUT2D eigenvalue weighted by atomic mass is 10.2. The topological polar surface area (TPSA) is 97.3 Å². The molecule has 1 amide bonds. The highest BCUT2D eigenvalue weighted by Crippen LogP contribution is 2.33. The van der Waals surface area contributed by atoms with Crippen LogP contribution in [0.3, 0.4) is 0 Å². The van der Waals surface area contributed by atoms with E-state index in [1.165, 1.54) is 36.5 Å². The van der Waals surface area contributed by atoms with Gasteiger partial charge in [-0.05, 0) is 61.0 Å². The molecule has 0 fully saturated rings. The van der Waals surface area contributed by atoms with Gasteiger partial charge in [0.25, 0.3) is 15.9 Å². The highest BCUT2D eigenvalue weighted by atomic mass is 32.2. The summed E-state index contributed by atoms with van der Waals surface area (Å²) < 4.78 is 78.3. The summed E-state index contributed by atoms with van der Waals surface area (Å²) in [4.78, 5) is 12.5. The number of rotatable bonds is 12. The number of nitrogens with zero attached hydrogens (tertiary/aromatic N) is 2. The van der Waals surface area contributed by atoms with Gasteiger partial charge in [-0.25, -0.2) is 13.8 Å². The first-order chi connectivity index (χ1) is 18.6. The van der Waals surface area contributed by atoms with E-state index in [4.69, 9.17) is 9.47 Å². The molecule has 3 aromatic carbocycles. The molecule has 0 aliphatic heterocycles. The first-order valence-electron chi connectivity index (χ1n) is 11.6. The molecule has 0 bridgehead atoms. The summed E-state index contributed by atoms with van der Waals surface area (Å²) in [5.74, 6) is 0.0548. The fourth-order valence-electron chi connectivity index (χ4n) is 3.36. The van der Waals surface area contributed by atoms with Crippen molar-refractivity contribution in [2.75, 3.05) is 24.1 Å². The number of ether oxygens (including phenoxy) is 2. The first kappa shape index (κ1) is 29.2. The molecule has 0 aliphatic rings. The van der Waals surface area contributed by atoms with Gasteiger partial charge < -0.3 is 9.47 Å². The molecular formula is C27H26F3N3O5S. The van der Waals surface area contributed by atoms with Crippen molar-refractivity contribution in [3.05, 3.63) is 96.6 Å². The van der Waals surface area contributed by atoms with Crippen molar-refractivity contribution < 1.29 is 35.9 Å². The van der Waals surface area contributed by atoms with Crippen LogP contribution in [-0.2, 0) is 21.0 Å². The van der Waals surface area contributed by atoms with Crippen molar-refractivity contribution in [2.24, 2.45) is 5.10 Å². The molecule has 0 saturated carbocycles. The molecule has 0 atom stereocenters. The second-order valence-corrected chi connectivity index (χ2v) is 9.77. The molecular weight excluding hydrogens is 535 g/mol. The van der Waals surface area contributed by atoms with E-state index in [0.717, 1.165) is 12.1 Å². The van der Waals surface area contributed by atoms with Gasteiger partial charge >= 0.3 is 6.18 Å². The van der Waals surface area contributed by atoms with Crippen LogP contribution < -0.4 is 19.2 Å².